The summed E-state index contributed by atoms with van der Waals surface area (Å²) in [6, 6.07) is 4.54. The van der Waals surface area contributed by atoms with E-state index in [0.29, 0.717) is 6.42 Å². The molecule has 1 aromatic carbocycles. The Morgan fingerprint density at radius 3 is 2.48 bits per heavy atom. The van der Waals surface area contributed by atoms with Crippen LogP contribution in [0.4, 0.5) is 5.69 Å². The average molecular weight is 312 g/mol. The lowest BCUT2D eigenvalue weighted by atomic mass is 10.1. The first-order valence-electron chi connectivity index (χ1n) is 7.38. The summed E-state index contributed by atoms with van der Waals surface area (Å²) in [6.07, 6.45) is 6.97. The van der Waals surface area contributed by atoms with Gasteiger partial charge in [-0.25, -0.2) is 4.79 Å². The number of carboxylic acid groups (broad SMARTS) is 1. The van der Waals surface area contributed by atoms with E-state index in [1.165, 1.54) is 25.3 Å². The lowest BCUT2D eigenvalue weighted by Gasteiger charge is -2.10. The summed E-state index contributed by atoms with van der Waals surface area (Å²) in [4.78, 5) is 23.0. The molecule has 0 unspecified atom stereocenters. The van der Waals surface area contributed by atoms with Crippen LogP contribution in [0.1, 0.15) is 62.2 Å². The van der Waals surface area contributed by atoms with Crippen molar-refractivity contribution in [3.63, 3.8) is 0 Å². The quantitative estimate of drug-likeness (QED) is 0.648. The Hall–Kier alpha value is -1.55. The van der Waals surface area contributed by atoms with Crippen LogP contribution in [0.25, 0.3) is 0 Å². The van der Waals surface area contributed by atoms with Crippen LogP contribution in [0.2, 0.25) is 5.02 Å². The molecular formula is C16H22ClNO3. The number of carboxylic acids is 1. The molecule has 0 aromatic heterocycles. The average Bonchev–Trinajstić information content (AvgIpc) is 2.44. The van der Waals surface area contributed by atoms with Gasteiger partial charge in [-0.2, -0.15) is 0 Å². The molecule has 0 atom stereocenters. The Bertz CT molecular complexity index is 488. The number of hydrogen-bond donors (Lipinski definition) is 2. The van der Waals surface area contributed by atoms with Crippen LogP contribution in [0.3, 0.4) is 0 Å². The van der Waals surface area contributed by atoms with Gasteiger partial charge in [0.1, 0.15) is 0 Å². The van der Waals surface area contributed by atoms with Crippen molar-refractivity contribution in [2.45, 2.75) is 51.9 Å². The van der Waals surface area contributed by atoms with Crippen molar-refractivity contribution < 1.29 is 14.7 Å². The maximum atomic E-state index is 11.9. The lowest BCUT2D eigenvalue weighted by molar-refractivity contribution is -0.116. The topological polar surface area (TPSA) is 66.4 Å². The van der Waals surface area contributed by atoms with Gasteiger partial charge in [0, 0.05) is 6.42 Å². The highest BCUT2D eigenvalue weighted by atomic mass is 35.5. The number of para-hydroxylation sites is 1. The summed E-state index contributed by atoms with van der Waals surface area (Å²) in [5.41, 5.74) is 0.196. The number of carbonyl (C=O) groups excluding carboxylic acids is 1. The number of halogens is 1. The Labute approximate surface area is 130 Å². The van der Waals surface area contributed by atoms with Gasteiger partial charge in [0.25, 0.3) is 0 Å². The van der Waals surface area contributed by atoms with Gasteiger partial charge in [0.05, 0.1) is 16.3 Å². The van der Waals surface area contributed by atoms with E-state index in [9.17, 15) is 9.59 Å². The van der Waals surface area contributed by atoms with Gasteiger partial charge >= 0.3 is 5.97 Å². The summed E-state index contributed by atoms with van der Waals surface area (Å²) in [6.45, 7) is 2.16. The maximum Gasteiger partial charge on any atom is 0.337 e. The molecule has 0 spiro atoms. The van der Waals surface area contributed by atoms with Crippen LogP contribution in [-0.4, -0.2) is 17.0 Å². The normalized spacial score (nSPS) is 10.4. The fourth-order valence-corrected chi connectivity index (χ4v) is 2.32. The van der Waals surface area contributed by atoms with Crippen molar-refractivity contribution in [1.82, 2.24) is 0 Å². The number of hydrogen-bond acceptors (Lipinski definition) is 2. The zero-order valence-corrected chi connectivity index (χ0v) is 13.1. The molecule has 0 saturated carbocycles. The van der Waals surface area contributed by atoms with E-state index in [1.54, 1.807) is 12.1 Å². The second kappa shape index (κ2) is 9.40. The SMILES string of the molecule is CCCCCCCCC(=O)Nc1c(Cl)cccc1C(=O)O. The molecule has 0 bridgehead atoms. The lowest BCUT2D eigenvalue weighted by Crippen LogP contribution is -2.14. The molecule has 116 valence electrons. The zero-order chi connectivity index (χ0) is 15.7. The molecule has 0 aliphatic heterocycles. The zero-order valence-electron chi connectivity index (χ0n) is 12.3. The molecule has 1 rings (SSSR count). The minimum Gasteiger partial charge on any atom is -0.478 e. The third kappa shape index (κ3) is 6.17. The van der Waals surface area contributed by atoms with E-state index >= 15 is 0 Å². The van der Waals surface area contributed by atoms with E-state index in [2.05, 4.69) is 12.2 Å². The molecule has 2 N–H and O–H groups in total. The fraction of sp³-hybridized carbons (Fsp3) is 0.500. The van der Waals surface area contributed by atoms with Gasteiger partial charge < -0.3 is 10.4 Å². The largest absolute Gasteiger partial charge is 0.478 e. The fourth-order valence-electron chi connectivity index (χ4n) is 2.10. The monoisotopic (exact) mass is 311 g/mol. The van der Waals surface area contributed by atoms with E-state index in [-0.39, 0.29) is 22.2 Å². The van der Waals surface area contributed by atoms with Crippen LogP contribution in [0.5, 0.6) is 0 Å². The highest BCUT2D eigenvalue weighted by Crippen LogP contribution is 2.26. The predicted octanol–water partition coefficient (Wildman–Crippen LogP) is 4.73. The van der Waals surface area contributed by atoms with E-state index in [1.807, 2.05) is 0 Å². The van der Waals surface area contributed by atoms with E-state index < -0.39 is 5.97 Å². The van der Waals surface area contributed by atoms with Gasteiger partial charge in [-0.15, -0.1) is 0 Å². The first kappa shape index (κ1) is 17.5. The molecule has 4 nitrogen and oxygen atoms in total. The Balaban J connectivity index is 2.46. The van der Waals surface area contributed by atoms with E-state index in [4.69, 9.17) is 16.7 Å². The van der Waals surface area contributed by atoms with Crippen molar-refractivity contribution in [1.29, 1.82) is 0 Å². The molecule has 0 heterocycles. The highest BCUT2D eigenvalue weighted by molar-refractivity contribution is 6.34. The number of anilines is 1. The van der Waals surface area contributed by atoms with Crippen molar-refractivity contribution in [2.75, 3.05) is 5.32 Å². The predicted molar refractivity (Wildman–Crippen MR) is 85.0 cm³/mol. The molecule has 21 heavy (non-hydrogen) atoms. The van der Waals surface area contributed by atoms with Gasteiger partial charge in [0.15, 0.2) is 0 Å². The van der Waals surface area contributed by atoms with Crippen molar-refractivity contribution in [3.05, 3.63) is 28.8 Å². The highest BCUT2D eigenvalue weighted by Gasteiger charge is 2.15. The third-order valence-electron chi connectivity index (χ3n) is 3.27. The van der Waals surface area contributed by atoms with Gasteiger partial charge in [-0.3, -0.25) is 4.79 Å². The Morgan fingerprint density at radius 1 is 1.14 bits per heavy atom. The minimum absolute atomic E-state index is 0.0128. The third-order valence-corrected chi connectivity index (χ3v) is 3.58. The van der Waals surface area contributed by atoms with Crippen LogP contribution < -0.4 is 5.32 Å². The van der Waals surface area contributed by atoms with E-state index in [0.717, 1.165) is 19.3 Å². The van der Waals surface area contributed by atoms with Gasteiger partial charge in [-0.1, -0.05) is 56.7 Å². The van der Waals surface area contributed by atoms with Crippen LogP contribution in [0.15, 0.2) is 18.2 Å². The minimum atomic E-state index is -1.10. The molecule has 0 saturated heterocycles. The van der Waals surface area contributed by atoms with Gasteiger partial charge in [-0.05, 0) is 18.6 Å². The van der Waals surface area contributed by atoms with Crippen LogP contribution in [-0.2, 0) is 4.79 Å². The number of nitrogens with one attached hydrogen (secondary N) is 1. The number of rotatable bonds is 9. The van der Waals surface area contributed by atoms with Crippen LogP contribution >= 0.6 is 11.6 Å². The molecule has 0 aliphatic rings. The number of aromatic carboxylic acids is 1. The first-order chi connectivity index (χ1) is 10.1. The number of unbranched alkanes of at least 4 members (excludes halogenated alkanes) is 5. The maximum absolute atomic E-state index is 11.9. The Kier molecular flexibility index (Phi) is 7.83. The summed E-state index contributed by atoms with van der Waals surface area (Å²) in [7, 11) is 0. The molecule has 1 aromatic rings. The second-order valence-corrected chi connectivity index (χ2v) is 5.44. The van der Waals surface area contributed by atoms with Gasteiger partial charge in [0.2, 0.25) is 5.91 Å². The summed E-state index contributed by atoms with van der Waals surface area (Å²) < 4.78 is 0. The number of amides is 1. The molecule has 0 aliphatic carbocycles. The number of carbonyl (C=O) groups is 2. The summed E-state index contributed by atoms with van der Waals surface area (Å²) >= 11 is 5.96. The molecule has 0 fully saturated rings. The van der Waals surface area contributed by atoms with Crippen molar-refractivity contribution >= 4 is 29.2 Å². The first-order valence-corrected chi connectivity index (χ1v) is 7.75. The molecule has 1 amide bonds. The smallest absolute Gasteiger partial charge is 0.337 e. The summed E-state index contributed by atoms with van der Waals surface area (Å²) in [5.74, 6) is -1.30. The number of benzene rings is 1. The van der Waals surface area contributed by atoms with Crippen molar-refractivity contribution in [2.24, 2.45) is 0 Å². The van der Waals surface area contributed by atoms with Crippen molar-refractivity contribution in [3.8, 4) is 0 Å². The summed E-state index contributed by atoms with van der Waals surface area (Å²) in [5, 5.41) is 11.9. The molecule has 5 heteroatoms. The van der Waals surface area contributed by atoms with Crippen LogP contribution in [0, 0.1) is 0 Å². The second-order valence-electron chi connectivity index (χ2n) is 5.03. The molecule has 0 radical (unpaired) electrons. The standard InChI is InChI=1S/C16H22ClNO3/c1-2-3-4-5-6-7-11-14(19)18-15-12(16(20)21)9-8-10-13(15)17/h8-10H,2-7,11H2,1H3,(H,18,19)(H,20,21). The molecular weight excluding hydrogens is 290 g/mol. The Morgan fingerprint density at radius 2 is 1.81 bits per heavy atom.